The van der Waals surface area contributed by atoms with E-state index in [0.717, 1.165) is 16.7 Å². The molecule has 9 nitrogen and oxygen atoms in total. The van der Waals surface area contributed by atoms with Gasteiger partial charge in [-0.25, -0.2) is 10.5 Å². The maximum atomic E-state index is 10.7. The Labute approximate surface area is 204 Å². The molecule has 0 saturated carbocycles. The molecule has 4 rings (SSSR count). The Morgan fingerprint density at radius 2 is 1.88 bits per heavy atom. The molecule has 0 aliphatic heterocycles. The van der Waals surface area contributed by atoms with Crippen LogP contribution in [0.1, 0.15) is 16.7 Å². The Kier molecular flexibility index (Phi) is 7.74. The largest absolute Gasteiger partial charge is 0.488 e. The molecule has 1 heterocycles. The Morgan fingerprint density at radius 3 is 2.68 bits per heavy atom. The second-order valence-electron chi connectivity index (χ2n) is 6.97. The first kappa shape index (κ1) is 23.3. The molecule has 0 amide bonds. The average Bonchev–Trinajstić information content (AvgIpc) is 3.31. The van der Waals surface area contributed by atoms with Crippen molar-refractivity contribution in [3.8, 4) is 5.75 Å². The van der Waals surface area contributed by atoms with Crippen LogP contribution >= 0.6 is 23.4 Å². The van der Waals surface area contributed by atoms with Crippen molar-refractivity contribution in [1.82, 2.24) is 15.2 Å². The Hall–Kier alpha value is -3.89. The fourth-order valence-corrected chi connectivity index (χ4v) is 3.82. The number of hydrogen-bond acceptors (Lipinski definition) is 8. The summed E-state index contributed by atoms with van der Waals surface area (Å²) in [6, 6.07) is 21.4. The quantitative estimate of drug-likeness (QED) is 0.126. The summed E-state index contributed by atoms with van der Waals surface area (Å²) in [5.41, 5.74) is 5.49. The first-order valence-electron chi connectivity index (χ1n) is 10.1. The number of halogens is 1. The van der Waals surface area contributed by atoms with E-state index in [9.17, 15) is 10.1 Å². The van der Waals surface area contributed by atoms with Crippen molar-refractivity contribution in [3.63, 3.8) is 0 Å². The molecule has 172 valence electrons. The molecule has 0 aliphatic rings. The second-order valence-corrected chi connectivity index (χ2v) is 8.32. The van der Waals surface area contributed by atoms with Crippen molar-refractivity contribution in [2.45, 2.75) is 17.5 Å². The standard InChI is InChI=1S/C23H19ClN6O3S/c24-20-7-3-1-6-18(20)14-33-21-8-4-2-5-17(21)13-25-27-22-26-23(29-28-22)34-15-16-9-11-19(12-10-16)30(31)32/h1-13H,14-15H2,(H2,26,27,28,29)/b25-13+. The van der Waals surface area contributed by atoms with Gasteiger partial charge in [0.15, 0.2) is 0 Å². The Morgan fingerprint density at radius 1 is 1.12 bits per heavy atom. The molecular formula is C23H19ClN6O3S. The zero-order valence-corrected chi connectivity index (χ0v) is 19.3. The summed E-state index contributed by atoms with van der Waals surface area (Å²) in [7, 11) is 0. The highest BCUT2D eigenvalue weighted by molar-refractivity contribution is 7.98. The number of ether oxygens (including phenoxy) is 1. The van der Waals surface area contributed by atoms with E-state index < -0.39 is 4.92 Å². The smallest absolute Gasteiger partial charge is 0.269 e. The van der Waals surface area contributed by atoms with Crippen molar-refractivity contribution < 1.29 is 9.66 Å². The number of thioether (sulfide) groups is 1. The van der Waals surface area contributed by atoms with Gasteiger partial charge < -0.3 is 4.74 Å². The average molecular weight is 495 g/mol. The number of para-hydroxylation sites is 1. The molecule has 11 heteroatoms. The lowest BCUT2D eigenvalue weighted by molar-refractivity contribution is -0.384. The first-order valence-corrected chi connectivity index (χ1v) is 11.5. The molecule has 0 unspecified atom stereocenters. The highest BCUT2D eigenvalue weighted by Crippen LogP contribution is 2.23. The van der Waals surface area contributed by atoms with Crippen LogP contribution in [0.2, 0.25) is 5.02 Å². The van der Waals surface area contributed by atoms with E-state index in [1.54, 1.807) is 18.3 Å². The number of hydrogen-bond donors (Lipinski definition) is 2. The van der Waals surface area contributed by atoms with Gasteiger partial charge in [0.05, 0.1) is 11.1 Å². The normalized spacial score (nSPS) is 11.0. The Bertz CT molecular complexity index is 1300. The molecule has 0 aliphatic carbocycles. The molecule has 0 bridgehead atoms. The zero-order valence-electron chi connectivity index (χ0n) is 17.7. The van der Waals surface area contributed by atoms with Crippen LogP contribution < -0.4 is 10.2 Å². The number of nitrogens with one attached hydrogen (secondary N) is 2. The monoisotopic (exact) mass is 494 g/mol. The first-order chi connectivity index (χ1) is 16.6. The molecule has 0 spiro atoms. The lowest BCUT2D eigenvalue weighted by atomic mass is 10.2. The van der Waals surface area contributed by atoms with Gasteiger partial charge in [0, 0.05) is 34.0 Å². The Balaban J connectivity index is 1.31. The minimum atomic E-state index is -0.423. The number of benzene rings is 3. The third kappa shape index (κ3) is 6.33. The van der Waals surface area contributed by atoms with Crippen molar-refractivity contribution in [2.75, 3.05) is 5.43 Å². The predicted molar refractivity (Wildman–Crippen MR) is 132 cm³/mol. The third-order valence-electron chi connectivity index (χ3n) is 4.61. The van der Waals surface area contributed by atoms with Gasteiger partial charge in [-0.2, -0.15) is 10.1 Å². The van der Waals surface area contributed by atoms with Gasteiger partial charge in [0.2, 0.25) is 11.1 Å². The summed E-state index contributed by atoms with van der Waals surface area (Å²) in [5.74, 6) is 1.64. The maximum Gasteiger partial charge on any atom is 0.269 e. The lowest BCUT2D eigenvalue weighted by Crippen LogP contribution is -2.00. The van der Waals surface area contributed by atoms with Crippen LogP contribution in [-0.4, -0.2) is 26.3 Å². The molecule has 3 aromatic carbocycles. The number of aromatic amines is 1. The number of nitro groups is 1. The molecule has 34 heavy (non-hydrogen) atoms. The van der Waals surface area contributed by atoms with Crippen LogP contribution in [0.5, 0.6) is 5.75 Å². The molecule has 4 aromatic rings. The van der Waals surface area contributed by atoms with E-state index in [1.165, 1.54) is 23.9 Å². The van der Waals surface area contributed by atoms with Crippen molar-refractivity contribution in [1.29, 1.82) is 0 Å². The SMILES string of the molecule is O=[N+]([O-])c1ccc(CSc2n[nH]c(N/N=C/c3ccccc3OCc3ccccc3Cl)n2)cc1. The summed E-state index contributed by atoms with van der Waals surface area (Å²) < 4.78 is 5.93. The number of anilines is 1. The number of rotatable bonds is 10. The molecule has 2 N–H and O–H groups in total. The van der Waals surface area contributed by atoms with Crippen LogP contribution in [0.4, 0.5) is 11.6 Å². The number of H-pyrrole nitrogens is 1. The second kappa shape index (κ2) is 11.3. The fraction of sp³-hybridized carbons (Fsp3) is 0.0870. The minimum Gasteiger partial charge on any atom is -0.488 e. The molecule has 0 saturated heterocycles. The van der Waals surface area contributed by atoms with Crippen LogP contribution in [0.3, 0.4) is 0 Å². The van der Waals surface area contributed by atoms with Crippen LogP contribution in [0, 0.1) is 10.1 Å². The van der Waals surface area contributed by atoms with E-state index in [0.29, 0.717) is 34.2 Å². The third-order valence-corrected chi connectivity index (χ3v) is 5.90. The van der Waals surface area contributed by atoms with E-state index in [-0.39, 0.29) is 5.69 Å². The van der Waals surface area contributed by atoms with Crippen molar-refractivity contribution >= 4 is 41.2 Å². The van der Waals surface area contributed by atoms with Crippen LogP contribution in [0.25, 0.3) is 0 Å². The maximum absolute atomic E-state index is 10.7. The van der Waals surface area contributed by atoms with Crippen molar-refractivity contribution in [3.05, 3.63) is 105 Å². The van der Waals surface area contributed by atoms with E-state index in [4.69, 9.17) is 16.3 Å². The number of non-ortho nitro benzene ring substituents is 1. The highest BCUT2D eigenvalue weighted by atomic mass is 35.5. The molecular weight excluding hydrogens is 476 g/mol. The van der Waals surface area contributed by atoms with E-state index >= 15 is 0 Å². The van der Waals surface area contributed by atoms with Crippen LogP contribution in [0.15, 0.2) is 83.1 Å². The number of hydrazone groups is 1. The zero-order chi connectivity index (χ0) is 23.8. The van der Waals surface area contributed by atoms with Gasteiger partial charge in [0.1, 0.15) is 12.4 Å². The van der Waals surface area contributed by atoms with Crippen LogP contribution in [-0.2, 0) is 12.4 Å². The summed E-state index contributed by atoms with van der Waals surface area (Å²) >= 11 is 7.60. The topological polar surface area (TPSA) is 118 Å². The molecule has 0 atom stereocenters. The summed E-state index contributed by atoms with van der Waals surface area (Å²) in [6.07, 6.45) is 1.63. The van der Waals surface area contributed by atoms with Gasteiger partial charge in [0.25, 0.3) is 5.69 Å². The van der Waals surface area contributed by atoms with E-state index in [1.807, 2.05) is 48.5 Å². The van der Waals surface area contributed by atoms with Gasteiger partial charge >= 0.3 is 0 Å². The molecule has 0 radical (unpaired) electrons. The molecule has 0 fully saturated rings. The minimum absolute atomic E-state index is 0.0619. The fourth-order valence-electron chi connectivity index (χ4n) is 2.88. The summed E-state index contributed by atoms with van der Waals surface area (Å²) in [6.45, 7) is 0.343. The van der Waals surface area contributed by atoms with Gasteiger partial charge in [-0.3, -0.25) is 10.1 Å². The van der Waals surface area contributed by atoms with Gasteiger partial charge in [-0.1, -0.05) is 65.8 Å². The predicted octanol–water partition coefficient (Wildman–Crippen LogP) is 5.68. The summed E-state index contributed by atoms with van der Waals surface area (Å²) in [4.78, 5) is 14.6. The van der Waals surface area contributed by atoms with Gasteiger partial charge in [-0.15, -0.1) is 5.10 Å². The number of aromatic nitrogens is 3. The molecule has 1 aromatic heterocycles. The van der Waals surface area contributed by atoms with Crippen molar-refractivity contribution in [2.24, 2.45) is 5.10 Å². The lowest BCUT2D eigenvalue weighted by Gasteiger charge is -2.10. The highest BCUT2D eigenvalue weighted by Gasteiger charge is 2.07. The summed E-state index contributed by atoms with van der Waals surface area (Å²) in [5, 5.41) is 23.1. The van der Waals surface area contributed by atoms with E-state index in [2.05, 4.69) is 25.7 Å². The number of nitro benzene ring substituents is 1. The number of nitrogens with zero attached hydrogens (tertiary/aromatic N) is 4. The van der Waals surface area contributed by atoms with Gasteiger partial charge in [-0.05, 0) is 23.8 Å².